The predicted molar refractivity (Wildman–Crippen MR) is 70.6 cm³/mol. The molecular formula is C13H27N3. The first-order valence-electron chi connectivity index (χ1n) is 6.64. The Morgan fingerprint density at radius 3 is 2.69 bits per heavy atom. The average molecular weight is 225 g/mol. The lowest BCUT2D eigenvalue weighted by Crippen LogP contribution is -2.53. The topological polar surface area (TPSA) is 41.6 Å². The molecule has 0 aliphatic carbocycles. The maximum absolute atomic E-state index is 6.01. The summed E-state index contributed by atoms with van der Waals surface area (Å²) in [4.78, 5) is 6.77. The lowest BCUT2D eigenvalue weighted by Gasteiger charge is -2.40. The molecule has 1 rings (SSSR count). The van der Waals surface area contributed by atoms with Gasteiger partial charge in [0.15, 0.2) is 5.96 Å². The summed E-state index contributed by atoms with van der Waals surface area (Å²) in [7, 11) is 0. The monoisotopic (exact) mass is 225 g/mol. The highest BCUT2D eigenvalue weighted by Crippen LogP contribution is 2.30. The van der Waals surface area contributed by atoms with Crippen molar-refractivity contribution in [1.82, 2.24) is 4.90 Å². The van der Waals surface area contributed by atoms with Crippen LogP contribution < -0.4 is 5.73 Å². The summed E-state index contributed by atoms with van der Waals surface area (Å²) >= 11 is 0. The van der Waals surface area contributed by atoms with Gasteiger partial charge in [0, 0.05) is 6.04 Å². The van der Waals surface area contributed by atoms with Crippen LogP contribution in [0.25, 0.3) is 0 Å². The van der Waals surface area contributed by atoms with Gasteiger partial charge in [-0.3, -0.25) is 4.99 Å². The number of nitrogens with two attached hydrogens (primary N) is 1. The summed E-state index contributed by atoms with van der Waals surface area (Å²) in [5.74, 6) is 0.744. The van der Waals surface area contributed by atoms with Crippen molar-refractivity contribution in [2.45, 2.75) is 71.4 Å². The molecule has 94 valence electrons. The van der Waals surface area contributed by atoms with Gasteiger partial charge in [0.2, 0.25) is 0 Å². The minimum Gasteiger partial charge on any atom is -0.370 e. The van der Waals surface area contributed by atoms with Crippen molar-refractivity contribution in [3.8, 4) is 0 Å². The van der Waals surface area contributed by atoms with Crippen molar-refractivity contribution >= 4 is 5.96 Å². The van der Waals surface area contributed by atoms with Crippen molar-refractivity contribution in [3.63, 3.8) is 0 Å². The number of nitrogens with zero attached hydrogens (tertiary/aromatic N) is 2. The van der Waals surface area contributed by atoms with Gasteiger partial charge in [0.05, 0.1) is 12.1 Å². The van der Waals surface area contributed by atoms with Gasteiger partial charge in [-0.2, -0.15) is 0 Å². The first-order chi connectivity index (χ1) is 7.55. The number of rotatable bonds is 6. The third kappa shape index (κ3) is 2.69. The van der Waals surface area contributed by atoms with Crippen molar-refractivity contribution < 1.29 is 0 Å². The number of unbranched alkanes of at least 4 members (excludes halogenated alkanes) is 2. The van der Waals surface area contributed by atoms with E-state index in [1.807, 2.05) is 0 Å². The van der Waals surface area contributed by atoms with E-state index in [4.69, 9.17) is 5.73 Å². The maximum atomic E-state index is 6.01. The molecule has 2 atom stereocenters. The second-order valence-corrected chi connectivity index (χ2v) is 5.26. The van der Waals surface area contributed by atoms with E-state index in [2.05, 4.69) is 37.6 Å². The maximum Gasteiger partial charge on any atom is 0.192 e. The number of hydrogen-bond acceptors (Lipinski definition) is 3. The summed E-state index contributed by atoms with van der Waals surface area (Å²) in [6.07, 6.45) is 6.19. The van der Waals surface area contributed by atoms with Crippen molar-refractivity contribution in [3.05, 3.63) is 0 Å². The van der Waals surface area contributed by atoms with Crippen LogP contribution in [0.15, 0.2) is 4.99 Å². The zero-order valence-electron chi connectivity index (χ0n) is 11.3. The fourth-order valence-corrected chi connectivity index (χ4v) is 2.58. The summed E-state index contributed by atoms with van der Waals surface area (Å²) < 4.78 is 0. The van der Waals surface area contributed by atoms with Crippen LogP contribution in [0.1, 0.15) is 59.8 Å². The van der Waals surface area contributed by atoms with E-state index in [1.54, 1.807) is 0 Å². The molecule has 2 unspecified atom stereocenters. The SMILES string of the molecule is CCCCCC1(C)CN=C(N)N1C(C)CC. The molecule has 3 heteroatoms. The van der Waals surface area contributed by atoms with E-state index in [9.17, 15) is 0 Å². The summed E-state index contributed by atoms with van der Waals surface area (Å²) in [5.41, 5.74) is 6.17. The molecule has 0 radical (unpaired) electrons. The lowest BCUT2D eigenvalue weighted by atomic mass is 9.92. The van der Waals surface area contributed by atoms with Gasteiger partial charge in [-0.05, 0) is 26.7 Å². The molecule has 1 heterocycles. The van der Waals surface area contributed by atoms with E-state index in [0.717, 1.165) is 18.9 Å². The third-order valence-electron chi connectivity index (χ3n) is 3.76. The molecule has 0 aromatic rings. The second-order valence-electron chi connectivity index (χ2n) is 5.26. The van der Waals surface area contributed by atoms with Gasteiger partial charge in [-0.1, -0.05) is 33.1 Å². The Labute approximate surface area is 100 Å². The third-order valence-corrected chi connectivity index (χ3v) is 3.76. The molecule has 0 spiro atoms. The highest BCUT2D eigenvalue weighted by molar-refractivity contribution is 5.81. The van der Waals surface area contributed by atoms with Crippen LogP contribution in [0.2, 0.25) is 0 Å². The number of guanidine groups is 1. The van der Waals surface area contributed by atoms with Crippen molar-refractivity contribution in [1.29, 1.82) is 0 Å². The molecule has 0 saturated carbocycles. The Morgan fingerprint density at radius 2 is 2.12 bits per heavy atom. The van der Waals surface area contributed by atoms with Crippen molar-refractivity contribution in [2.75, 3.05) is 6.54 Å². The molecular weight excluding hydrogens is 198 g/mol. The normalized spacial score (nSPS) is 27.0. The Bertz CT molecular complexity index is 250. The molecule has 16 heavy (non-hydrogen) atoms. The largest absolute Gasteiger partial charge is 0.370 e. The molecule has 0 amide bonds. The first-order valence-corrected chi connectivity index (χ1v) is 6.64. The van der Waals surface area contributed by atoms with E-state index < -0.39 is 0 Å². The molecule has 0 aromatic heterocycles. The number of aliphatic imine (C=N–C) groups is 1. The number of hydrogen-bond donors (Lipinski definition) is 1. The second kappa shape index (κ2) is 5.55. The Balaban J connectivity index is 2.64. The predicted octanol–water partition coefficient (Wildman–Crippen LogP) is 2.75. The molecule has 2 N–H and O–H groups in total. The smallest absolute Gasteiger partial charge is 0.192 e. The zero-order chi connectivity index (χ0) is 12.2. The zero-order valence-corrected chi connectivity index (χ0v) is 11.3. The van der Waals surface area contributed by atoms with E-state index in [-0.39, 0.29) is 5.54 Å². The van der Waals surface area contributed by atoms with Gasteiger partial charge in [0.25, 0.3) is 0 Å². The lowest BCUT2D eigenvalue weighted by molar-refractivity contribution is 0.156. The molecule has 3 nitrogen and oxygen atoms in total. The van der Waals surface area contributed by atoms with E-state index in [1.165, 1.54) is 25.7 Å². The average Bonchev–Trinajstić information content (AvgIpc) is 2.55. The van der Waals surface area contributed by atoms with Crippen molar-refractivity contribution in [2.24, 2.45) is 10.7 Å². The summed E-state index contributed by atoms with van der Waals surface area (Å²) in [6, 6.07) is 0.498. The molecule has 0 aromatic carbocycles. The Hall–Kier alpha value is -0.730. The summed E-state index contributed by atoms with van der Waals surface area (Å²) in [6.45, 7) is 9.87. The molecule has 0 bridgehead atoms. The van der Waals surface area contributed by atoms with Gasteiger partial charge in [-0.25, -0.2) is 0 Å². The van der Waals surface area contributed by atoms with Crippen LogP contribution in [0.4, 0.5) is 0 Å². The van der Waals surface area contributed by atoms with Gasteiger partial charge < -0.3 is 10.6 Å². The fourth-order valence-electron chi connectivity index (χ4n) is 2.58. The van der Waals surface area contributed by atoms with Crippen LogP contribution in [-0.2, 0) is 0 Å². The van der Waals surface area contributed by atoms with Crippen LogP contribution in [0.3, 0.4) is 0 Å². The van der Waals surface area contributed by atoms with E-state index in [0.29, 0.717) is 6.04 Å². The Kier molecular flexibility index (Phi) is 4.63. The highest BCUT2D eigenvalue weighted by Gasteiger charge is 2.39. The van der Waals surface area contributed by atoms with Gasteiger partial charge in [-0.15, -0.1) is 0 Å². The first kappa shape index (κ1) is 13.3. The minimum absolute atomic E-state index is 0.161. The van der Waals surface area contributed by atoms with Crippen LogP contribution in [0.5, 0.6) is 0 Å². The van der Waals surface area contributed by atoms with Gasteiger partial charge in [0.1, 0.15) is 0 Å². The quantitative estimate of drug-likeness (QED) is 0.706. The van der Waals surface area contributed by atoms with Gasteiger partial charge >= 0.3 is 0 Å². The molecule has 0 fully saturated rings. The summed E-state index contributed by atoms with van der Waals surface area (Å²) in [5, 5.41) is 0. The molecule has 0 saturated heterocycles. The Morgan fingerprint density at radius 1 is 1.44 bits per heavy atom. The molecule has 1 aliphatic rings. The minimum atomic E-state index is 0.161. The van der Waals surface area contributed by atoms with Crippen LogP contribution in [0, 0.1) is 0 Å². The molecule has 1 aliphatic heterocycles. The van der Waals surface area contributed by atoms with Crippen LogP contribution >= 0.6 is 0 Å². The van der Waals surface area contributed by atoms with E-state index >= 15 is 0 Å². The standard InChI is InChI=1S/C13H27N3/c1-5-7-8-9-13(4)10-15-12(14)16(13)11(3)6-2/h11H,5-10H2,1-4H3,(H2,14,15). The highest BCUT2D eigenvalue weighted by atomic mass is 15.4. The van der Waals surface area contributed by atoms with Crippen LogP contribution in [-0.4, -0.2) is 29.0 Å². The fraction of sp³-hybridized carbons (Fsp3) is 0.923.